The zero-order valence-electron chi connectivity index (χ0n) is 15.7. The van der Waals surface area contributed by atoms with E-state index >= 15 is 0 Å². The number of hydrogen-bond donors (Lipinski definition) is 1. The normalized spacial score (nSPS) is 12.0. The fourth-order valence-corrected chi connectivity index (χ4v) is 3.91. The SMILES string of the molecule is CCOc1ccc(-c2nc(CNC(C)c3ccccc3Cl)cs2)cc1OC. The van der Waals surface area contributed by atoms with Gasteiger partial charge in [0.1, 0.15) is 5.01 Å². The van der Waals surface area contributed by atoms with Gasteiger partial charge in [0.2, 0.25) is 0 Å². The third kappa shape index (κ3) is 4.80. The molecule has 1 atom stereocenters. The molecule has 27 heavy (non-hydrogen) atoms. The van der Waals surface area contributed by atoms with E-state index in [2.05, 4.69) is 17.6 Å². The van der Waals surface area contributed by atoms with Crippen molar-refractivity contribution >= 4 is 22.9 Å². The molecule has 0 aliphatic carbocycles. The van der Waals surface area contributed by atoms with Gasteiger partial charge >= 0.3 is 0 Å². The molecule has 6 heteroatoms. The number of nitrogens with zero attached hydrogens (tertiary/aromatic N) is 1. The molecule has 2 aromatic carbocycles. The maximum atomic E-state index is 6.27. The van der Waals surface area contributed by atoms with E-state index in [9.17, 15) is 0 Å². The second-order valence-electron chi connectivity index (χ2n) is 6.07. The Morgan fingerprint density at radius 2 is 2.00 bits per heavy atom. The zero-order valence-corrected chi connectivity index (χ0v) is 17.2. The van der Waals surface area contributed by atoms with Crippen LogP contribution in [0.15, 0.2) is 47.8 Å². The molecular formula is C21H23ClN2O2S. The van der Waals surface area contributed by atoms with Crippen molar-refractivity contribution in [1.29, 1.82) is 0 Å². The van der Waals surface area contributed by atoms with Crippen molar-refractivity contribution < 1.29 is 9.47 Å². The highest BCUT2D eigenvalue weighted by Crippen LogP contribution is 2.34. The molecule has 1 heterocycles. The number of benzene rings is 2. The van der Waals surface area contributed by atoms with Gasteiger partial charge in [-0.3, -0.25) is 0 Å². The van der Waals surface area contributed by atoms with Crippen molar-refractivity contribution in [1.82, 2.24) is 10.3 Å². The number of thiazole rings is 1. The molecule has 1 aromatic heterocycles. The van der Waals surface area contributed by atoms with E-state index in [0.717, 1.165) is 38.4 Å². The van der Waals surface area contributed by atoms with Crippen molar-refractivity contribution in [3.63, 3.8) is 0 Å². The highest BCUT2D eigenvalue weighted by molar-refractivity contribution is 7.13. The van der Waals surface area contributed by atoms with Crippen LogP contribution < -0.4 is 14.8 Å². The number of methoxy groups -OCH3 is 1. The van der Waals surface area contributed by atoms with Crippen LogP contribution in [0, 0.1) is 0 Å². The lowest BCUT2D eigenvalue weighted by atomic mass is 10.1. The molecule has 0 fully saturated rings. The maximum absolute atomic E-state index is 6.27. The number of hydrogen-bond acceptors (Lipinski definition) is 5. The van der Waals surface area contributed by atoms with Crippen molar-refractivity contribution in [3.8, 4) is 22.1 Å². The van der Waals surface area contributed by atoms with Gasteiger partial charge in [-0.05, 0) is 43.7 Å². The Hall–Kier alpha value is -2.08. The van der Waals surface area contributed by atoms with Gasteiger partial charge < -0.3 is 14.8 Å². The number of nitrogens with one attached hydrogen (secondary N) is 1. The van der Waals surface area contributed by atoms with E-state index in [0.29, 0.717) is 13.2 Å². The summed E-state index contributed by atoms with van der Waals surface area (Å²) < 4.78 is 11.0. The summed E-state index contributed by atoms with van der Waals surface area (Å²) >= 11 is 7.89. The Bertz CT molecular complexity index is 897. The molecule has 3 aromatic rings. The highest BCUT2D eigenvalue weighted by atomic mass is 35.5. The lowest BCUT2D eigenvalue weighted by Crippen LogP contribution is -2.18. The van der Waals surface area contributed by atoms with Crippen molar-refractivity contribution in [2.24, 2.45) is 0 Å². The van der Waals surface area contributed by atoms with E-state index in [1.807, 2.05) is 49.4 Å². The molecule has 0 bridgehead atoms. The lowest BCUT2D eigenvalue weighted by molar-refractivity contribution is 0.311. The van der Waals surface area contributed by atoms with Crippen LogP contribution in [-0.4, -0.2) is 18.7 Å². The topological polar surface area (TPSA) is 43.4 Å². The van der Waals surface area contributed by atoms with E-state index in [1.165, 1.54) is 0 Å². The maximum Gasteiger partial charge on any atom is 0.161 e. The summed E-state index contributed by atoms with van der Waals surface area (Å²) in [5, 5.41) is 7.29. The van der Waals surface area contributed by atoms with E-state index in [1.54, 1.807) is 18.4 Å². The molecular weight excluding hydrogens is 380 g/mol. The van der Waals surface area contributed by atoms with Crippen LogP contribution in [0.3, 0.4) is 0 Å². The van der Waals surface area contributed by atoms with Gasteiger partial charge in [0.05, 0.1) is 19.4 Å². The van der Waals surface area contributed by atoms with Crippen LogP contribution in [0.5, 0.6) is 11.5 Å². The van der Waals surface area contributed by atoms with Crippen LogP contribution in [0.4, 0.5) is 0 Å². The van der Waals surface area contributed by atoms with Gasteiger partial charge in [0, 0.05) is 28.6 Å². The van der Waals surface area contributed by atoms with Crippen molar-refractivity contribution in [2.75, 3.05) is 13.7 Å². The van der Waals surface area contributed by atoms with Crippen LogP contribution in [0.2, 0.25) is 5.02 Å². The van der Waals surface area contributed by atoms with Crippen LogP contribution in [0.25, 0.3) is 10.6 Å². The lowest BCUT2D eigenvalue weighted by Gasteiger charge is -2.14. The first-order chi connectivity index (χ1) is 13.1. The van der Waals surface area contributed by atoms with Gasteiger partial charge in [-0.15, -0.1) is 11.3 Å². The molecule has 0 aliphatic rings. The molecule has 0 amide bonds. The van der Waals surface area contributed by atoms with Crippen LogP contribution >= 0.6 is 22.9 Å². The third-order valence-electron chi connectivity index (χ3n) is 4.22. The third-order valence-corrected chi connectivity index (χ3v) is 5.51. The molecule has 0 spiro atoms. The first kappa shape index (κ1) is 19.7. The molecule has 0 aliphatic heterocycles. The van der Waals surface area contributed by atoms with Gasteiger partial charge in [0.15, 0.2) is 11.5 Å². The molecule has 0 radical (unpaired) electrons. The summed E-state index contributed by atoms with van der Waals surface area (Å²) in [7, 11) is 1.65. The van der Waals surface area contributed by atoms with E-state index in [4.69, 9.17) is 26.1 Å². The Kier molecular flexibility index (Phi) is 6.72. The molecule has 0 saturated heterocycles. The first-order valence-electron chi connectivity index (χ1n) is 8.85. The number of rotatable bonds is 8. The van der Waals surface area contributed by atoms with Crippen LogP contribution in [0.1, 0.15) is 31.1 Å². The van der Waals surface area contributed by atoms with Gasteiger partial charge in [-0.1, -0.05) is 29.8 Å². The fraction of sp³-hybridized carbons (Fsp3) is 0.286. The quantitative estimate of drug-likeness (QED) is 0.523. The first-order valence-corrected chi connectivity index (χ1v) is 10.1. The fourth-order valence-electron chi connectivity index (χ4n) is 2.79. The summed E-state index contributed by atoms with van der Waals surface area (Å²) in [5.41, 5.74) is 3.11. The number of aromatic nitrogens is 1. The average Bonchev–Trinajstić information content (AvgIpc) is 3.16. The Labute approximate surface area is 169 Å². The monoisotopic (exact) mass is 402 g/mol. The molecule has 3 rings (SSSR count). The molecule has 1 N–H and O–H groups in total. The summed E-state index contributed by atoms with van der Waals surface area (Å²) in [6.45, 7) is 5.34. The highest BCUT2D eigenvalue weighted by Gasteiger charge is 2.12. The van der Waals surface area contributed by atoms with Gasteiger partial charge in [-0.25, -0.2) is 4.98 Å². The Balaban J connectivity index is 1.69. The summed E-state index contributed by atoms with van der Waals surface area (Å²) in [6, 6.07) is 13.9. The Morgan fingerprint density at radius 1 is 1.19 bits per heavy atom. The Morgan fingerprint density at radius 3 is 2.74 bits per heavy atom. The largest absolute Gasteiger partial charge is 0.493 e. The average molecular weight is 403 g/mol. The standard InChI is InChI=1S/C21H23ClN2O2S/c1-4-26-19-10-9-15(11-20(19)25-3)21-24-16(13-27-21)12-23-14(2)17-7-5-6-8-18(17)22/h5-11,13-14,23H,4,12H2,1-3H3. The van der Waals surface area contributed by atoms with Gasteiger partial charge in [-0.2, -0.15) is 0 Å². The minimum atomic E-state index is 0.148. The second kappa shape index (κ2) is 9.22. The van der Waals surface area contributed by atoms with E-state index in [-0.39, 0.29) is 6.04 Å². The molecule has 1 unspecified atom stereocenters. The summed E-state index contributed by atoms with van der Waals surface area (Å²) in [6.07, 6.45) is 0. The van der Waals surface area contributed by atoms with Crippen molar-refractivity contribution in [2.45, 2.75) is 26.4 Å². The zero-order chi connectivity index (χ0) is 19.2. The minimum absolute atomic E-state index is 0.148. The second-order valence-corrected chi connectivity index (χ2v) is 7.33. The number of halogens is 1. The predicted octanol–water partition coefficient (Wildman–Crippen LogP) is 5.72. The molecule has 0 saturated carbocycles. The van der Waals surface area contributed by atoms with Crippen LogP contribution in [-0.2, 0) is 6.54 Å². The van der Waals surface area contributed by atoms with Crippen molar-refractivity contribution in [3.05, 3.63) is 64.1 Å². The summed E-state index contributed by atoms with van der Waals surface area (Å²) in [5.74, 6) is 1.47. The smallest absolute Gasteiger partial charge is 0.161 e. The molecule has 4 nitrogen and oxygen atoms in total. The predicted molar refractivity (Wildman–Crippen MR) is 112 cm³/mol. The van der Waals surface area contributed by atoms with E-state index < -0.39 is 0 Å². The number of ether oxygens (including phenoxy) is 2. The summed E-state index contributed by atoms with van der Waals surface area (Å²) in [4.78, 5) is 4.75. The minimum Gasteiger partial charge on any atom is -0.493 e. The van der Waals surface area contributed by atoms with Gasteiger partial charge in [0.25, 0.3) is 0 Å². The molecule has 142 valence electrons.